The average Bonchev–Trinajstić information content (AvgIpc) is 1.84. The van der Waals surface area contributed by atoms with Gasteiger partial charge in [-0.15, -0.1) is 0 Å². The van der Waals surface area contributed by atoms with Gasteiger partial charge in [-0.3, -0.25) is 4.39 Å². The summed E-state index contributed by atoms with van der Waals surface area (Å²) in [5.41, 5.74) is 5.56. The van der Waals surface area contributed by atoms with Crippen molar-refractivity contribution in [3.05, 3.63) is 0 Å². The fraction of sp³-hybridized carbons (Fsp3) is 1.00. The van der Waals surface area contributed by atoms with Crippen LogP contribution in [0.2, 0.25) is 0 Å². The molecule has 0 amide bonds. The zero-order valence-corrected chi connectivity index (χ0v) is 6.28. The van der Waals surface area contributed by atoms with Gasteiger partial charge in [-0.05, 0) is 24.8 Å². The van der Waals surface area contributed by atoms with Crippen molar-refractivity contribution in [2.45, 2.75) is 26.7 Å². The van der Waals surface area contributed by atoms with Crippen molar-refractivity contribution in [1.29, 1.82) is 0 Å². The first kappa shape index (κ1) is 8.89. The smallest absolute Gasteiger partial charge is 0.0894 e. The summed E-state index contributed by atoms with van der Waals surface area (Å²) in [6.45, 7) is 4.54. The van der Waals surface area contributed by atoms with Crippen LogP contribution in [0, 0.1) is 5.41 Å². The Balaban J connectivity index is 3.33. The standard InChI is InChI=1S/C7H16FN/c1-7(2,6-9)4-3-5-8/h3-6,9H2,1-2H3. The van der Waals surface area contributed by atoms with E-state index in [9.17, 15) is 4.39 Å². The van der Waals surface area contributed by atoms with Crippen LogP contribution in [0.1, 0.15) is 26.7 Å². The lowest BCUT2D eigenvalue weighted by atomic mass is 9.88. The second kappa shape index (κ2) is 3.83. The summed E-state index contributed by atoms with van der Waals surface area (Å²) in [6, 6.07) is 0. The van der Waals surface area contributed by atoms with Gasteiger partial charge in [0.25, 0.3) is 0 Å². The molecule has 0 unspecified atom stereocenters. The molecular formula is C7H16FN. The van der Waals surface area contributed by atoms with Crippen LogP contribution in [-0.2, 0) is 0 Å². The molecule has 0 aromatic rings. The molecule has 56 valence electrons. The molecule has 2 N–H and O–H groups in total. The predicted octanol–water partition coefficient (Wildman–Crippen LogP) is 1.72. The van der Waals surface area contributed by atoms with Gasteiger partial charge in [-0.2, -0.15) is 0 Å². The van der Waals surface area contributed by atoms with E-state index in [0.717, 1.165) is 6.42 Å². The third-order valence-electron chi connectivity index (χ3n) is 1.54. The lowest BCUT2D eigenvalue weighted by Crippen LogP contribution is -2.23. The predicted molar refractivity (Wildman–Crippen MR) is 38.0 cm³/mol. The van der Waals surface area contributed by atoms with E-state index < -0.39 is 0 Å². The summed E-state index contributed by atoms with van der Waals surface area (Å²) in [6.07, 6.45) is 1.53. The van der Waals surface area contributed by atoms with E-state index in [1.165, 1.54) is 0 Å². The quantitative estimate of drug-likeness (QED) is 0.621. The van der Waals surface area contributed by atoms with Crippen molar-refractivity contribution in [2.75, 3.05) is 13.2 Å². The van der Waals surface area contributed by atoms with Crippen molar-refractivity contribution in [3.8, 4) is 0 Å². The fourth-order valence-electron chi connectivity index (χ4n) is 0.647. The van der Waals surface area contributed by atoms with Gasteiger partial charge < -0.3 is 5.73 Å². The minimum Gasteiger partial charge on any atom is -0.330 e. The van der Waals surface area contributed by atoms with Gasteiger partial charge in [0.2, 0.25) is 0 Å². The summed E-state index contributed by atoms with van der Waals surface area (Å²) in [5, 5.41) is 0. The van der Waals surface area contributed by atoms with E-state index in [-0.39, 0.29) is 12.1 Å². The van der Waals surface area contributed by atoms with Crippen molar-refractivity contribution >= 4 is 0 Å². The summed E-state index contributed by atoms with van der Waals surface area (Å²) in [7, 11) is 0. The van der Waals surface area contributed by atoms with Crippen molar-refractivity contribution in [1.82, 2.24) is 0 Å². The molecule has 1 nitrogen and oxygen atoms in total. The second-order valence-electron chi connectivity index (χ2n) is 3.16. The number of rotatable bonds is 4. The van der Waals surface area contributed by atoms with Crippen LogP contribution < -0.4 is 5.73 Å². The molecule has 0 bridgehead atoms. The number of hydrogen-bond acceptors (Lipinski definition) is 1. The van der Waals surface area contributed by atoms with Gasteiger partial charge in [0.1, 0.15) is 0 Å². The molecule has 0 saturated carbocycles. The molecule has 0 aliphatic carbocycles. The van der Waals surface area contributed by atoms with Crippen LogP contribution in [0.25, 0.3) is 0 Å². The molecule has 0 aromatic carbocycles. The van der Waals surface area contributed by atoms with E-state index in [1.54, 1.807) is 0 Å². The Kier molecular flexibility index (Phi) is 3.78. The number of hydrogen-bond donors (Lipinski definition) is 1. The van der Waals surface area contributed by atoms with Crippen molar-refractivity contribution in [2.24, 2.45) is 11.1 Å². The Labute approximate surface area is 56.4 Å². The van der Waals surface area contributed by atoms with Crippen LogP contribution in [0.4, 0.5) is 4.39 Å². The first-order valence-electron chi connectivity index (χ1n) is 3.38. The first-order valence-corrected chi connectivity index (χ1v) is 3.38. The highest BCUT2D eigenvalue weighted by Crippen LogP contribution is 2.19. The minimum absolute atomic E-state index is 0.131. The van der Waals surface area contributed by atoms with E-state index >= 15 is 0 Å². The monoisotopic (exact) mass is 133 g/mol. The van der Waals surface area contributed by atoms with Crippen LogP contribution in [0.3, 0.4) is 0 Å². The molecule has 0 saturated heterocycles. The van der Waals surface area contributed by atoms with Crippen molar-refractivity contribution in [3.63, 3.8) is 0 Å². The Hall–Kier alpha value is -0.110. The Bertz CT molecular complexity index is 71.3. The maximum absolute atomic E-state index is 11.6. The zero-order valence-electron chi connectivity index (χ0n) is 6.28. The van der Waals surface area contributed by atoms with Gasteiger partial charge in [0.15, 0.2) is 0 Å². The van der Waals surface area contributed by atoms with Crippen LogP contribution in [0.15, 0.2) is 0 Å². The SMILES string of the molecule is CC(C)(CN)CCCF. The molecule has 0 rings (SSSR count). The van der Waals surface area contributed by atoms with Crippen LogP contribution in [-0.4, -0.2) is 13.2 Å². The molecule has 0 aliphatic rings. The third-order valence-corrected chi connectivity index (χ3v) is 1.54. The normalized spacial score (nSPS) is 12.0. The minimum atomic E-state index is -0.219. The molecule has 0 aromatic heterocycles. The van der Waals surface area contributed by atoms with Gasteiger partial charge >= 0.3 is 0 Å². The van der Waals surface area contributed by atoms with Gasteiger partial charge in [-0.25, -0.2) is 0 Å². The number of nitrogens with two attached hydrogens (primary N) is 1. The van der Waals surface area contributed by atoms with Gasteiger partial charge in [-0.1, -0.05) is 13.8 Å². The topological polar surface area (TPSA) is 26.0 Å². The Morgan fingerprint density at radius 1 is 1.44 bits per heavy atom. The molecule has 0 radical (unpaired) electrons. The molecule has 9 heavy (non-hydrogen) atoms. The lowest BCUT2D eigenvalue weighted by Gasteiger charge is -2.20. The van der Waals surface area contributed by atoms with E-state index in [4.69, 9.17) is 5.73 Å². The summed E-state index contributed by atoms with van der Waals surface area (Å²) in [4.78, 5) is 0. The average molecular weight is 133 g/mol. The largest absolute Gasteiger partial charge is 0.330 e. The third kappa shape index (κ3) is 4.40. The zero-order chi connectivity index (χ0) is 7.33. The maximum atomic E-state index is 11.6. The number of halogens is 1. The Morgan fingerprint density at radius 3 is 2.33 bits per heavy atom. The lowest BCUT2D eigenvalue weighted by molar-refractivity contribution is 0.313. The van der Waals surface area contributed by atoms with Crippen LogP contribution in [0.5, 0.6) is 0 Å². The van der Waals surface area contributed by atoms with Gasteiger partial charge in [0.05, 0.1) is 6.67 Å². The number of alkyl halides is 1. The fourth-order valence-corrected chi connectivity index (χ4v) is 0.647. The van der Waals surface area contributed by atoms with E-state index in [0.29, 0.717) is 13.0 Å². The van der Waals surface area contributed by atoms with Gasteiger partial charge in [0, 0.05) is 0 Å². The Morgan fingerprint density at radius 2 is 2.00 bits per heavy atom. The van der Waals surface area contributed by atoms with E-state index in [2.05, 4.69) is 13.8 Å². The molecule has 2 heteroatoms. The summed E-state index contributed by atoms with van der Waals surface area (Å²) in [5.74, 6) is 0. The maximum Gasteiger partial charge on any atom is 0.0894 e. The molecular weight excluding hydrogens is 117 g/mol. The highest BCUT2D eigenvalue weighted by molar-refractivity contribution is 4.68. The first-order chi connectivity index (χ1) is 4.12. The second-order valence-corrected chi connectivity index (χ2v) is 3.16. The highest BCUT2D eigenvalue weighted by Gasteiger charge is 2.13. The molecule has 0 fully saturated rings. The highest BCUT2D eigenvalue weighted by atomic mass is 19.1. The van der Waals surface area contributed by atoms with Crippen molar-refractivity contribution < 1.29 is 4.39 Å². The van der Waals surface area contributed by atoms with E-state index in [1.807, 2.05) is 0 Å². The molecule has 0 spiro atoms. The van der Waals surface area contributed by atoms with Crippen LogP contribution >= 0.6 is 0 Å². The summed E-state index contributed by atoms with van der Waals surface area (Å²) < 4.78 is 11.6. The molecule has 0 heterocycles. The molecule has 0 aliphatic heterocycles. The summed E-state index contributed by atoms with van der Waals surface area (Å²) >= 11 is 0. The molecule has 0 atom stereocenters.